The monoisotopic (exact) mass is 281 g/mol. The number of thiazole rings is 1. The van der Waals surface area contributed by atoms with Gasteiger partial charge in [-0.1, -0.05) is 0 Å². The third kappa shape index (κ3) is 3.06. The minimum absolute atomic E-state index is 0.0175. The number of nitrogens with one attached hydrogen (secondary N) is 1. The summed E-state index contributed by atoms with van der Waals surface area (Å²) in [6, 6.07) is -0.0175. The lowest BCUT2D eigenvalue weighted by molar-refractivity contribution is 0.136. The average Bonchev–Trinajstić information content (AvgIpc) is 3.12. The molecule has 0 radical (unpaired) electrons. The molecular formula is C13H19N3O2S. The number of anilines is 1. The largest absolute Gasteiger partial charge is 0.381 e. The number of piperidine rings is 1. The fourth-order valence-corrected chi connectivity index (χ4v) is 3.47. The van der Waals surface area contributed by atoms with Crippen LogP contribution in [0.1, 0.15) is 19.3 Å². The first-order valence-corrected chi connectivity index (χ1v) is 7.74. The van der Waals surface area contributed by atoms with Gasteiger partial charge < -0.3 is 9.64 Å². The highest BCUT2D eigenvalue weighted by Crippen LogP contribution is 2.30. The van der Waals surface area contributed by atoms with E-state index in [4.69, 9.17) is 4.74 Å². The van der Waals surface area contributed by atoms with Crippen molar-refractivity contribution in [3.63, 3.8) is 0 Å². The molecule has 0 aliphatic carbocycles. The highest BCUT2D eigenvalue weighted by molar-refractivity contribution is 7.13. The molecule has 0 saturated carbocycles. The molecule has 104 valence electrons. The average molecular weight is 281 g/mol. The molecule has 1 atom stereocenters. The molecule has 1 N–H and O–H groups in total. The maximum absolute atomic E-state index is 12.1. The molecule has 2 fully saturated rings. The Kier molecular flexibility index (Phi) is 3.98. The zero-order valence-electron chi connectivity index (χ0n) is 10.9. The van der Waals surface area contributed by atoms with Crippen molar-refractivity contribution >= 4 is 22.5 Å². The van der Waals surface area contributed by atoms with Crippen LogP contribution in [0.15, 0.2) is 11.6 Å². The van der Waals surface area contributed by atoms with Gasteiger partial charge in [-0.05, 0) is 31.1 Å². The summed E-state index contributed by atoms with van der Waals surface area (Å²) in [4.78, 5) is 18.0. The van der Waals surface area contributed by atoms with E-state index in [1.54, 1.807) is 6.20 Å². The van der Waals surface area contributed by atoms with Gasteiger partial charge >= 0.3 is 6.03 Å². The van der Waals surface area contributed by atoms with Gasteiger partial charge in [0, 0.05) is 37.9 Å². The van der Waals surface area contributed by atoms with Gasteiger partial charge in [0.2, 0.25) is 0 Å². The molecule has 1 aromatic heterocycles. The van der Waals surface area contributed by atoms with Crippen LogP contribution in [-0.4, -0.2) is 42.2 Å². The lowest BCUT2D eigenvalue weighted by atomic mass is 9.84. The molecule has 2 aliphatic heterocycles. The lowest BCUT2D eigenvalue weighted by Gasteiger charge is -2.34. The maximum Gasteiger partial charge on any atom is 0.323 e. The third-order valence-electron chi connectivity index (χ3n) is 4.10. The highest BCUT2D eigenvalue weighted by atomic mass is 32.1. The number of amides is 2. The number of ether oxygens (including phenoxy) is 1. The van der Waals surface area contributed by atoms with Gasteiger partial charge in [0.05, 0.1) is 0 Å². The number of carbonyl (C=O) groups excluding carboxylic acids is 1. The van der Waals surface area contributed by atoms with Crippen molar-refractivity contribution in [3.8, 4) is 0 Å². The van der Waals surface area contributed by atoms with Crippen molar-refractivity contribution in [2.45, 2.75) is 19.3 Å². The zero-order chi connectivity index (χ0) is 13.1. The van der Waals surface area contributed by atoms with Gasteiger partial charge in [-0.15, -0.1) is 11.3 Å². The van der Waals surface area contributed by atoms with Gasteiger partial charge in [-0.2, -0.15) is 0 Å². The van der Waals surface area contributed by atoms with Crippen LogP contribution >= 0.6 is 11.3 Å². The highest BCUT2D eigenvalue weighted by Gasteiger charge is 2.30. The summed E-state index contributed by atoms with van der Waals surface area (Å²) in [5.41, 5.74) is 0. The van der Waals surface area contributed by atoms with Crippen LogP contribution in [0.25, 0.3) is 0 Å². The Balaban J connectivity index is 1.48. The molecule has 1 aromatic rings. The molecule has 3 rings (SSSR count). The van der Waals surface area contributed by atoms with Crippen molar-refractivity contribution in [1.29, 1.82) is 0 Å². The summed E-state index contributed by atoms with van der Waals surface area (Å²) < 4.78 is 5.45. The van der Waals surface area contributed by atoms with Crippen LogP contribution in [0.2, 0.25) is 0 Å². The van der Waals surface area contributed by atoms with Gasteiger partial charge in [0.1, 0.15) is 0 Å². The molecule has 19 heavy (non-hydrogen) atoms. The maximum atomic E-state index is 12.1. The molecule has 5 nitrogen and oxygen atoms in total. The molecule has 6 heteroatoms. The SMILES string of the molecule is O=C(Nc1nccs1)N1CCC(C2CCOC2)CC1. The van der Waals surface area contributed by atoms with E-state index < -0.39 is 0 Å². The Hall–Kier alpha value is -1.14. The first-order chi connectivity index (χ1) is 9.33. The van der Waals surface area contributed by atoms with Crippen molar-refractivity contribution in [2.75, 3.05) is 31.6 Å². The van der Waals surface area contributed by atoms with Crippen LogP contribution in [-0.2, 0) is 4.74 Å². The summed E-state index contributed by atoms with van der Waals surface area (Å²) in [5.74, 6) is 1.44. The summed E-state index contributed by atoms with van der Waals surface area (Å²) in [7, 11) is 0. The van der Waals surface area contributed by atoms with E-state index in [0.717, 1.165) is 45.1 Å². The fourth-order valence-electron chi connectivity index (χ4n) is 2.95. The Morgan fingerprint density at radius 3 is 2.84 bits per heavy atom. The van der Waals surface area contributed by atoms with Crippen molar-refractivity contribution < 1.29 is 9.53 Å². The van der Waals surface area contributed by atoms with Gasteiger partial charge in [0.15, 0.2) is 5.13 Å². The molecule has 0 bridgehead atoms. The fraction of sp³-hybridized carbons (Fsp3) is 0.692. The summed E-state index contributed by atoms with van der Waals surface area (Å²) in [5, 5.41) is 5.39. The summed E-state index contributed by atoms with van der Waals surface area (Å²) in [6.45, 7) is 3.52. The Morgan fingerprint density at radius 2 is 2.21 bits per heavy atom. The van der Waals surface area contributed by atoms with E-state index in [1.165, 1.54) is 17.8 Å². The molecule has 0 aromatic carbocycles. The van der Waals surface area contributed by atoms with Crippen LogP contribution in [0.5, 0.6) is 0 Å². The van der Waals surface area contributed by atoms with E-state index in [1.807, 2.05) is 10.3 Å². The van der Waals surface area contributed by atoms with Gasteiger partial charge in [0.25, 0.3) is 0 Å². The summed E-state index contributed by atoms with van der Waals surface area (Å²) in [6.07, 6.45) is 5.08. The number of nitrogens with zero attached hydrogens (tertiary/aromatic N) is 2. The number of urea groups is 1. The van der Waals surface area contributed by atoms with E-state index in [9.17, 15) is 4.79 Å². The first kappa shape index (κ1) is 12.9. The number of aromatic nitrogens is 1. The van der Waals surface area contributed by atoms with E-state index in [-0.39, 0.29) is 6.03 Å². The van der Waals surface area contributed by atoms with Crippen LogP contribution in [0.3, 0.4) is 0 Å². The molecule has 2 saturated heterocycles. The third-order valence-corrected chi connectivity index (χ3v) is 4.79. The van der Waals surface area contributed by atoms with E-state index in [0.29, 0.717) is 11.0 Å². The first-order valence-electron chi connectivity index (χ1n) is 6.86. The zero-order valence-corrected chi connectivity index (χ0v) is 11.7. The minimum Gasteiger partial charge on any atom is -0.381 e. The molecule has 2 aliphatic rings. The molecule has 2 amide bonds. The van der Waals surface area contributed by atoms with Crippen LogP contribution in [0.4, 0.5) is 9.93 Å². The van der Waals surface area contributed by atoms with Crippen LogP contribution < -0.4 is 5.32 Å². The normalized spacial score (nSPS) is 24.6. The standard InChI is InChI=1S/C13H19N3O2S/c17-13(15-12-14-4-8-19-12)16-5-1-10(2-6-16)11-3-7-18-9-11/h4,8,10-11H,1-3,5-7,9H2,(H,14,15,17). The minimum atomic E-state index is -0.0175. The van der Waals surface area contributed by atoms with E-state index in [2.05, 4.69) is 10.3 Å². The summed E-state index contributed by atoms with van der Waals surface area (Å²) >= 11 is 1.45. The van der Waals surface area contributed by atoms with Gasteiger partial charge in [-0.25, -0.2) is 9.78 Å². The van der Waals surface area contributed by atoms with Gasteiger partial charge in [-0.3, -0.25) is 5.32 Å². The van der Waals surface area contributed by atoms with Crippen LogP contribution in [0, 0.1) is 11.8 Å². The molecule has 0 spiro atoms. The second kappa shape index (κ2) is 5.88. The lowest BCUT2D eigenvalue weighted by Crippen LogP contribution is -2.42. The Labute approximate surface area is 117 Å². The van der Waals surface area contributed by atoms with Crippen molar-refractivity contribution in [1.82, 2.24) is 9.88 Å². The predicted molar refractivity (Wildman–Crippen MR) is 74.4 cm³/mol. The second-order valence-corrected chi connectivity index (χ2v) is 6.11. The van der Waals surface area contributed by atoms with Crippen molar-refractivity contribution in [3.05, 3.63) is 11.6 Å². The number of carbonyl (C=O) groups is 1. The second-order valence-electron chi connectivity index (χ2n) is 5.22. The quantitative estimate of drug-likeness (QED) is 0.905. The predicted octanol–water partition coefficient (Wildman–Crippen LogP) is 2.42. The molecule has 1 unspecified atom stereocenters. The van der Waals surface area contributed by atoms with Crippen molar-refractivity contribution in [2.24, 2.45) is 11.8 Å². The Bertz CT molecular complexity index is 410. The topological polar surface area (TPSA) is 54.5 Å². The smallest absolute Gasteiger partial charge is 0.323 e. The van der Waals surface area contributed by atoms with E-state index >= 15 is 0 Å². The number of hydrogen-bond donors (Lipinski definition) is 1. The number of rotatable bonds is 2. The Morgan fingerprint density at radius 1 is 1.37 bits per heavy atom. The molecule has 3 heterocycles. The number of hydrogen-bond acceptors (Lipinski definition) is 4. The number of likely N-dealkylation sites (tertiary alicyclic amines) is 1. The molecular weight excluding hydrogens is 262 g/mol.